The molecule has 0 fully saturated rings. The van der Waals surface area contributed by atoms with Crippen molar-refractivity contribution in [2.24, 2.45) is 0 Å². The van der Waals surface area contributed by atoms with Gasteiger partial charge in [-0.1, -0.05) is 0 Å². The third-order valence-corrected chi connectivity index (χ3v) is 7.49. The largest absolute Gasteiger partial charge is 0.508 e. The van der Waals surface area contributed by atoms with Crippen molar-refractivity contribution < 1.29 is 53.3 Å². The molecule has 3 N–H and O–H groups in total. The smallest absolute Gasteiger partial charge is 0.342 e. The average molecular weight is 607 g/mol. The summed E-state index contributed by atoms with van der Waals surface area (Å²) in [5.41, 5.74) is 1.52. The SMILES string of the molecule is CCOC(=O)c1c(C)cc(O)cc1O.COc1cc2c(cc1OC)C1C(=O)c3c(O)cc4c(c3OC1CO2)C=CC(C)(C)O4. The average Bonchev–Trinajstić information content (AvgIpc) is 2.95. The molecule has 0 bridgehead atoms. The molecule has 0 radical (unpaired) electrons. The van der Waals surface area contributed by atoms with Crippen LogP contribution in [0.15, 0.2) is 36.4 Å². The Morgan fingerprint density at radius 2 is 1.70 bits per heavy atom. The molecule has 0 aromatic heterocycles. The molecular formula is C33H34O11. The minimum Gasteiger partial charge on any atom is -0.508 e. The number of phenols is 3. The first-order chi connectivity index (χ1) is 20.9. The summed E-state index contributed by atoms with van der Waals surface area (Å²) in [4.78, 5) is 24.9. The second kappa shape index (κ2) is 11.6. The highest BCUT2D eigenvalue weighted by Crippen LogP contribution is 2.52. The topological polar surface area (TPSA) is 150 Å². The van der Waals surface area contributed by atoms with Crippen LogP contribution in [0.4, 0.5) is 0 Å². The maximum Gasteiger partial charge on any atom is 0.342 e. The van der Waals surface area contributed by atoms with Gasteiger partial charge in [0, 0.05) is 23.8 Å². The van der Waals surface area contributed by atoms with E-state index in [2.05, 4.69) is 0 Å². The van der Waals surface area contributed by atoms with Crippen molar-refractivity contribution in [3.05, 3.63) is 64.2 Å². The van der Waals surface area contributed by atoms with Crippen LogP contribution >= 0.6 is 0 Å². The van der Waals surface area contributed by atoms with E-state index in [9.17, 15) is 19.8 Å². The van der Waals surface area contributed by atoms with Crippen molar-refractivity contribution in [3.8, 4) is 46.0 Å². The number of ether oxygens (including phenoxy) is 6. The lowest BCUT2D eigenvalue weighted by Crippen LogP contribution is -2.43. The van der Waals surface area contributed by atoms with Crippen LogP contribution in [0, 0.1) is 6.92 Å². The molecule has 3 aliphatic heterocycles. The van der Waals surface area contributed by atoms with Gasteiger partial charge in [-0.25, -0.2) is 4.79 Å². The lowest BCUT2D eigenvalue weighted by atomic mass is 9.80. The van der Waals surface area contributed by atoms with Gasteiger partial charge in [0.15, 0.2) is 17.3 Å². The maximum atomic E-state index is 13.6. The molecular weight excluding hydrogens is 572 g/mol. The number of fused-ring (bicyclic) bond motifs is 6. The third kappa shape index (κ3) is 5.41. The molecule has 232 valence electrons. The molecule has 3 aromatic carbocycles. The van der Waals surface area contributed by atoms with Crippen molar-refractivity contribution >= 4 is 17.8 Å². The lowest BCUT2D eigenvalue weighted by Gasteiger charge is -2.39. The van der Waals surface area contributed by atoms with E-state index in [1.54, 1.807) is 33.1 Å². The quantitative estimate of drug-likeness (QED) is 0.332. The Morgan fingerprint density at radius 1 is 1.00 bits per heavy atom. The highest BCUT2D eigenvalue weighted by atomic mass is 16.5. The summed E-state index contributed by atoms with van der Waals surface area (Å²) in [6.45, 7) is 7.57. The van der Waals surface area contributed by atoms with Gasteiger partial charge in [-0.15, -0.1) is 0 Å². The van der Waals surface area contributed by atoms with Crippen molar-refractivity contribution in [1.29, 1.82) is 0 Å². The monoisotopic (exact) mass is 606 g/mol. The number of aromatic hydroxyl groups is 3. The first-order valence-corrected chi connectivity index (χ1v) is 14.0. The Morgan fingerprint density at radius 3 is 2.36 bits per heavy atom. The van der Waals surface area contributed by atoms with E-state index in [1.807, 2.05) is 26.0 Å². The number of esters is 1. The van der Waals surface area contributed by atoms with Crippen molar-refractivity contribution in [2.75, 3.05) is 27.4 Å². The molecule has 0 amide bonds. The van der Waals surface area contributed by atoms with Gasteiger partial charge in [0.2, 0.25) is 0 Å². The van der Waals surface area contributed by atoms with Gasteiger partial charge in [0.1, 0.15) is 63.9 Å². The summed E-state index contributed by atoms with van der Waals surface area (Å²) in [7, 11) is 3.07. The van der Waals surface area contributed by atoms with E-state index in [0.717, 1.165) is 6.07 Å². The summed E-state index contributed by atoms with van der Waals surface area (Å²) in [6.07, 6.45) is 3.23. The Kier molecular flexibility index (Phi) is 7.98. The Bertz CT molecular complexity index is 1650. The third-order valence-electron chi connectivity index (χ3n) is 7.49. The summed E-state index contributed by atoms with van der Waals surface area (Å²) >= 11 is 0. The first kappa shape index (κ1) is 30.4. The summed E-state index contributed by atoms with van der Waals surface area (Å²) in [5.74, 6) is 0.420. The standard InChI is InChI=1S/C23H22O7.C10H12O4/c1-23(2)6-5-11-15(30-23)8-13(24)20-21(25)19-12-7-16(26-3)17(27-4)9-14(12)28-10-18(19)29-22(11)20;1-3-14-10(13)9-6(2)4-7(11)5-8(9)12/h5-9,18-19,24H,10H2,1-4H3;4-5,11-12H,3H2,1-2H3. The fraction of sp³-hybridized carbons (Fsp3) is 0.333. The minimum absolute atomic E-state index is 0.0759. The predicted molar refractivity (Wildman–Crippen MR) is 159 cm³/mol. The van der Waals surface area contributed by atoms with Gasteiger partial charge in [-0.05, 0) is 57.5 Å². The normalized spacial score (nSPS) is 18.4. The van der Waals surface area contributed by atoms with Crippen LogP contribution in [-0.4, -0.2) is 66.2 Å². The highest BCUT2D eigenvalue weighted by Gasteiger charge is 2.46. The van der Waals surface area contributed by atoms with E-state index in [-0.39, 0.29) is 47.4 Å². The number of hydrogen-bond acceptors (Lipinski definition) is 11. The zero-order valence-electron chi connectivity index (χ0n) is 25.2. The van der Waals surface area contributed by atoms with Gasteiger partial charge >= 0.3 is 5.97 Å². The molecule has 3 aliphatic rings. The Balaban J connectivity index is 0.000000232. The number of hydrogen-bond donors (Lipinski definition) is 3. The molecule has 0 saturated carbocycles. The van der Waals surface area contributed by atoms with Crippen LogP contribution in [0.1, 0.15) is 64.1 Å². The fourth-order valence-electron chi connectivity index (χ4n) is 5.49. The van der Waals surface area contributed by atoms with Gasteiger partial charge in [0.25, 0.3) is 0 Å². The predicted octanol–water partition coefficient (Wildman–Crippen LogP) is 5.30. The summed E-state index contributed by atoms with van der Waals surface area (Å²) in [6, 6.07) is 7.43. The number of methoxy groups -OCH3 is 2. The van der Waals surface area contributed by atoms with Crippen molar-refractivity contribution in [2.45, 2.75) is 45.3 Å². The van der Waals surface area contributed by atoms with E-state index >= 15 is 0 Å². The van der Waals surface area contributed by atoms with Crippen LogP contribution in [0.25, 0.3) is 6.08 Å². The highest BCUT2D eigenvalue weighted by molar-refractivity contribution is 6.08. The van der Waals surface area contributed by atoms with Crippen LogP contribution in [0.3, 0.4) is 0 Å². The number of phenolic OH excluding ortho intramolecular Hbond substituents is 3. The van der Waals surface area contributed by atoms with E-state index in [0.29, 0.717) is 45.4 Å². The number of carbonyl (C=O) groups excluding carboxylic acids is 2. The molecule has 2 atom stereocenters. The number of benzene rings is 3. The number of carbonyl (C=O) groups is 2. The van der Waals surface area contributed by atoms with Gasteiger partial charge in [-0.2, -0.15) is 0 Å². The molecule has 6 rings (SSSR count). The van der Waals surface area contributed by atoms with Gasteiger partial charge in [-0.3, -0.25) is 4.79 Å². The fourth-order valence-corrected chi connectivity index (χ4v) is 5.49. The zero-order valence-corrected chi connectivity index (χ0v) is 25.2. The molecule has 11 nitrogen and oxygen atoms in total. The van der Waals surface area contributed by atoms with Crippen LogP contribution < -0.4 is 23.7 Å². The molecule has 3 heterocycles. The van der Waals surface area contributed by atoms with Crippen LogP contribution in [0.2, 0.25) is 0 Å². The van der Waals surface area contributed by atoms with Crippen molar-refractivity contribution in [1.82, 2.24) is 0 Å². The molecule has 3 aromatic rings. The zero-order chi connectivity index (χ0) is 31.9. The van der Waals surface area contributed by atoms with E-state index in [4.69, 9.17) is 33.5 Å². The number of Topliss-reactive ketones (excluding diaryl/α,β-unsaturated/α-hetero) is 1. The lowest BCUT2D eigenvalue weighted by molar-refractivity contribution is 0.0519. The van der Waals surface area contributed by atoms with Crippen molar-refractivity contribution in [3.63, 3.8) is 0 Å². The second-order valence-corrected chi connectivity index (χ2v) is 11.0. The van der Waals surface area contributed by atoms with Crippen LogP contribution in [0.5, 0.6) is 46.0 Å². The molecule has 0 aliphatic carbocycles. The summed E-state index contributed by atoms with van der Waals surface area (Å²) in [5, 5.41) is 29.2. The summed E-state index contributed by atoms with van der Waals surface area (Å²) < 4.78 is 33.5. The molecule has 2 unspecified atom stereocenters. The number of aryl methyl sites for hydroxylation is 1. The second-order valence-electron chi connectivity index (χ2n) is 11.0. The molecule has 0 saturated heterocycles. The van der Waals surface area contributed by atoms with Gasteiger partial charge < -0.3 is 43.7 Å². The Hall–Kier alpha value is -5.06. The molecule has 11 heteroatoms. The number of rotatable bonds is 4. The minimum atomic E-state index is -0.630. The first-order valence-electron chi connectivity index (χ1n) is 14.0. The Labute approximate surface area is 254 Å². The maximum absolute atomic E-state index is 13.6. The number of ketones is 1. The molecule has 44 heavy (non-hydrogen) atoms. The van der Waals surface area contributed by atoms with Crippen LogP contribution in [-0.2, 0) is 4.74 Å². The van der Waals surface area contributed by atoms with E-state index < -0.39 is 23.6 Å². The van der Waals surface area contributed by atoms with Gasteiger partial charge in [0.05, 0.1) is 32.3 Å². The van der Waals surface area contributed by atoms with E-state index in [1.165, 1.54) is 19.2 Å². The molecule has 0 spiro atoms.